The highest BCUT2D eigenvalue weighted by molar-refractivity contribution is 7.47. The average Bonchev–Trinajstić information content (AvgIpc) is 3.19. The van der Waals surface area contributed by atoms with Gasteiger partial charge in [-0.2, -0.15) is 0 Å². The van der Waals surface area contributed by atoms with Crippen molar-refractivity contribution in [1.82, 2.24) is 5.32 Å². The van der Waals surface area contributed by atoms with Crippen molar-refractivity contribution in [3.63, 3.8) is 0 Å². The van der Waals surface area contributed by atoms with Crippen LogP contribution in [0.3, 0.4) is 0 Å². The van der Waals surface area contributed by atoms with Crippen molar-refractivity contribution < 1.29 is 28.4 Å². The number of nitrogens with one attached hydrogen (secondary N) is 1. The van der Waals surface area contributed by atoms with Gasteiger partial charge in [0.2, 0.25) is 5.91 Å². The number of aliphatic hydroxyl groups excluding tert-OH is 1. The summed E-state index contributed by atoms with van der Waals surface area (Å²) in [6, 6.07) is -0.768. The highest BCUT2D eigenvalue weighted by Gasteiger charge is 2.27. The number of carbonyl (C=O) groups is 1. The maximum absolute atomic E-state index is 12.8. The second-order valence-corrected chi connectivity index (χ2v) is 18.5. The minimum atomic E-state index is -4.31. The summed E-state index contributed by atoms with van der Waals surface area (Å²) in [4.78, 5) is 22.8. The molecule has 56 heavy (non-hydrogen) atoms. The summed E-state index contributed by atoms with van der Waals surface area (Å²) in [7, 11) is -4.31. The molecule has 5 N–H and O–H groups in total. The van der Waals surface area contributed by atoms with E-state index in [2.05, 4.69) is 19.2 Å². The van der Waals surface area contributed by atoms with E-state index < -0.39 is 20.0 Å². The molecule has 0 saturated heterocycles. The monoisotopic (exact) mass is 817 g/mol. The third kappa shape index (κ3) is 41.7. The van der Waals surface area contributed by atoms with E-state index in [0.717, 1.165) is 38.5 Å². The van der Waals surface area contributed by atoms with Gasteiger partial charge in [0.15, 0.2) is 0 Å². The van der Waals surface area contributed by atoms with Gasteiger partial charge in [-0.25, -0.2) is 4.57 Å². The van der Waals surface area contributed by atoms with E-state index in [4.69, 9.17) is 14.8 Å². The number of hydrogen-bond acceptors (Lipinski definition) is 6. The molecule has 0 fully saturated rings. The molecular formula is C47H97N2O6P. The smallest absolute Gasteiger partial charge is 0.391 e. The Balaban J connectivity index is 4.00. The molecule has 0 rings (SSSR count). The molecule has 0 spiro atoms. The molecule has 1 unspecified atom stereocenters. The average molecular weight is 817 g/mol. The van der Waals surface area contributed by atoms with Gasteiger partial charge >= 0.3 is 7.82 Å². The number of phosphoric ester groups is 1. The molecule has 0 aliphatic carbocycles. The third-order valence-electron chi connectivity index (χ3n) is 11.5. The molecule has 0 aliphatic rings. The van der Waals surface area contributed by atoms with Gasteiger partial charge in [0.1, 0.15) is 0 Å². The highest BCUT2D eigenvalue weighted by Crippen LogP contribution is 2.43. The lowest BCUT2D eigenvalue weighted by atomic mass is 10.0. The molecule has 0 radical (unpaired) electrons. The topological polar surface area (TPSA) is 131 Å². The molecule has 0 saturated carbocycles. The Bertz CT molecular complexity index is 849. The van der Waals surface area contributed by atoms with E-state index in [9.17, 15) is 19.4 Å². The summed E-state index contributed by atoms with van der Waals surface area (Å²) in [6.45, 7) is 4.25. The zero-order valence-electron chi connectivity index (χ0n) is 37.4. The predicted octanol–water partition coefficient (Wildman–Crippen LogP) is 14.2. The second-order valence-electron chi connectivity index (χ2n) is 17.0. The Morgan fingerprint density at radius 3 is 1.14 bits per heavy atom. The Morgan fingerprint density at radius 2 is 0.821 bits per heavy atom. The molecular weight excluding hydrogens is 719 g/mol. The van der Waals surface area contributed by atoms with Crippen LogP contribution in [0, 0.1) is 0 Å². The number of phosphoric acid groups is 1. The molecule has 3 atom stereocenters. The number of nitrogens with two attached hydrogens (primary N) is 1. The zero-order chi connectivity index (χ0) is 41.1. The lowest BCUT2D eigenvalue weighted by Gasteiger charge is -2.25. The van der Waals surface area contributed by atoms with Gasteiger partial charge in [0, 0.05) is 13.0 Å². The summed E-state index contributed by atoms with van der Waals surface area (Å²) in [6.07, 6.45) is 48.3. The Hall–Kier alpha value is -0.500. The Morgan fingerprint density at radius 1 is 0.518 bits per heavy atom. The summed E-state index contributed by atoms with van der Waals surface area (Å²) in [5.74, 6) is -0.155. The van der Waals surface area contributed by atoms with Crippen molar-refractivity contribution in [1.29, 1.82) is 0 Å². The van der Waals surface area contributed by atoms with Gasteiger partial charge in [-0.15, -0.1) is 0 Å². The lowest BCUT2D eigenvalue weighted by molar-refractivity contribution is -0.123. The Labute approximate surface area is 348 Å². The molecule has 8 nitrogen and oxygen atoms in total. The van der Waals surface area contributed by atoms with Crippen molar-refractivity contribution in [2.75, 3.05) is 19.8 Å². The van der Waals surface area contributed by atoms with Crippen LogP contribution in [0.1, 0.15) is 264 Å². The Kier molecular flexibility index (Phi) is 43.7. The van der Waals surface area contributed by atoms with Crippen molar-refractivity contribution >= 4 is 13.7 Å². The summed E-state index contributed by atoms with van der Waals surface area (Å²) < 4.78 is 22.2. The minimum absolute atomic E-state index is 0.0927. The number of amides is 1. The van der Waals surface area contributed by atoms with E-state index >= 15 is 0 Å². The standard InChI is InChI=1S/C47H97N2O6P/c1-3-5-7-9-11-13-15-17-19-20-21-22-23-24-25-27-29-31-33-35-37-39-41-47(51)49-45(44-55-56(52,53)54-43-42-48)46(50)40-38-36-34-32-30-28-26-18-16-14-12-10-8-6-4-2/h45-46,50H,3-44,48H2,1-2H3,(H,49,51)(H,52,53)/t45-,46+/m0/s1. The SMILES string of the molecule is CCCCCCCCCCCCCCCCCCCCCCCCC(=O)N[C@@H](COP(=O)(O)OCCN)[C@H](O)CCCCCCCCCCCCCCCCC. The molecule has 9 heteroatoms. The van der Waals surface area contributed by atoms with Crippen LogP contribution < -0.4 is 11.1 Å². The molecule has 0 heterocycles. The minimum Gasteiger partial charge on any atom is -0.391 e. The first-order valence-corrected chi connectivity index (χ1v) is 26.1. The van der Waals surface area contributed by atoms with Crippen molar-refractivity contribution in [2.24, 2.45) is 5.73 Å². The van der Waals surface area contributed by atoms with E-state index in [1.54, 1.807) is 0 Å². The van der Waals surface area contributed by atoms with Gasteiger partial charge in [0.25, 0.3) is 0 Å². The van der Waals surface area contributed by atoms with Crippen molar-refractivity contribution in [3.05, 3.63) is 0 Å². The normalized spacial score (nSPS) is 13.9. The zero-order valence-corrected chi connectivity index (χ0v) is 38.3. The molecule has 0 aromatic heterocycles. The van der Waals surface area contributed by atoms with E-state index in [-0.39, 0.29) is 25.7 Å². The van der Waals surface area contributed by atoms with E-state index in [1.165, 1.54) is 199 Å². The maximum Gasteiger partial charge on any atom is 0.472 e. The van der Waals surface area contributed by atoms with E-state index in [1.807, 2.05) is 0 Å². The van der Waals surface area contributed by atoms with Gasteiger partial charge in [-0.1, -0.05) is 245 Å². The summed E-state index contributed by atoms with van der Waals surface area (Å²) >= 11 is 0. The summed E-state index contributed by atoms with van der Waals surface area (Å²) in [5.41, 5.74) is 5.39. The van der Waals surface area contributed by atoms with Crippen LogP contribution in [0.2, 0.25) is 0 Å². The molecule has 336 valence electrons. The number of hydrogen-bond donors (Lipinski definition) is 4. The number of carbonyl (C=O) groups excluding carboxylic acids is 1. The molecule has 0 aromatic carbocycles. The molecule has 0 bridgehead atoms. The number of aliphatic hydroxyl groups is 1. The first-order valence-electron chi connectivity index (χ1n) is 24.7. The summed E-state index contributed by atoms with van der Waals surface area (Å²) in [5, 5.41) is 13.8. The molecule has 0 aliphatic heterocycles. The second kappa shape index (κ2) is 44.1. The third-order valence-corrected chi connectivity index (χ3v) is 12.4. The number of rotatable bonds is 47. The highest BCUT2D eigenvalue weighted by atomic mass is 31.2. The van der Waals surface area contributed by atoms with Gasteiger partial charge in [0.05, 0.1) is 25.4 Å². The quantitative estimate of drug-likeness (QED) is 0.0355. The fraction of sp³-hybridized carbons (Fsp3) is 0.979. The van der Waals surface area contributed by atoms with Crippen LogP contribution in [-0.2, 0) is 18.4 Å². The first-order chi connectivity index (χ1) is 27.4. The van der Waals surface area contributed by atoms with Crippen LogP contribution >= 0.6 is 7.82 Å². The van der Waals surface area contributed by atoms with Gasteiger partial charge < -0.3 is 21.1 Å². The molecule has 1 amide bonds. The van der Waals surface area contributed by atoms with Crippen molar-refractivity contribution in [3.8, 4) is 0 Å². The van der Waals surface area contributed by atoms with Gasteiger partial charge in [-0.05, 0) is 12.8 Å². The largest absolute Gasteiger partial charge is 0.472 e. The first kappa shape index (κ1) is 55.5. The van der Waals surface area contributed by atoms with Crippen molar-refractivity contribution in [2.45, 2.75) is 276 Å². The van der Waals surface area contributed by atoms with Crippen LogP contribution in [0.15, 0.2) is 0 Å². The fourth-order valence-electron chi connectivity index (χ4n) is 7.73. The van der Waals surface area contributed by atoms with Crippen LogP contribution in [0.25, 0.3) is 0 Å². The van der Waals surface area contributed by atoms with Crippen LogP contribution in [0.5, 0.6) is 0 Å². The lowest BCUT2D eigenvalue weighted by Crippen LogP contribution is -2.46. The van der Waals surface area contributed by atoms with Crippen LogP contribution in [-0.4, -0.2) is 47.8 Å². The maximum atomic E-state index is 12.8. The molecule has 0 aromatic rings. The number of unbranched alkanes of at least 4 members (excludes halogenated alkanes) is 35. The predicted molar refractivity (Wildman–Crippen MR) is 240 cm³/mol. The fourth-order valence-corrected chi connectivity index (χ4v) is 8.49. The van der Waals surface area contributed by atoms with Crippen LogP contribution in [0.4, 0.5) is 0 Å². The van der Waals surface area contributed by atoms with Gasteiger partial charge in [-0.3, -0.25) is 13.8 Å². The van der Waals surface area contributed by atoms with E-state index in [0.29, 0.717) is 12.8 Å².